The molecule has 0 amide bonds. The minimum absolute atomic E-state index is 0.0117. The molecule has 0 saturated heterocycles. The second kappa shape index (κ2) is 6.51. The minimum atomic E-state index is -0.0557. The highest BCUT2D eigenvalue weighted by Gasteiger charge is 2.25. The van der Waals surface area contributed by atoms with Gasteiger partial charge in [-0.3, -0.25) is 4.79 Å². The number of aromatic nitrogens is 3. The number of hydrogen-bond acceptors (Lipinski definition) is 5. The molecule has 6 nitrogen and oxygen atoms in total. The summed E-state index contributed by atoms with van der Waals surface area (Å²) in [4.78, 5) is 12.4. The first-order valence-electron chi connectivity index (χ1n) is 9.15. The minimum Gasteiger partial charge on any atom is -0.361 e. The van der Waals surface area contributed by atoms with Gasteiger partial charge in [-0.1, -0.05) is 12.1 Å². The van der Waals surface area contributed by atoms with E-state index in [9.17, 15) is 10.1 Å². The Kier molecular flexibility index (Phi) is 4.15. The third-order valence-corrected chi connectivity index (χ3v) is 5.28. The van der Waals surface area contributed by atoms with Gasteiger partial charge in [-0.05, 0) is 50.8 Å². The fourth-order valence-electron chi connectivity index (χ4n) is 3.54. The van der Waals surface area contributed by atoms with Crippen molar-refractivity contribution >= 4 is 16.6 Å². The fourth-order valence-corrected chi connectivity index (χ4v) is 3.54. The van der Waals surface area contributed by atoms with Crippen LogP contribution in [0.25, 0.3) is 10.8 Å². The average molecular weight is 359 g/mol. The zero-order valence-corrected chi connectivity index (χ0v) is 15.7. The third-order valence-electron chi connectivity index (χ3n) is 5.28. The molecule has 27 heavy (non-hydrogen) atoms. The molecule has 2 aromatic heterocycles. The molecule has 0 aliphatic heterocycles. The van der Waals surface area contributed by atoms with Crippen molar-refractivity contribution in [3.63, 3.8) is 0 Å². The van der Waals surface area contributed by atoms with Crippen molar-refractivity contribution in [2.75, 3.05) is 5.32 Å². The van der Waals surface area contributed by atoms with Crippen molar-refractivity contribution in [1.82, 2.24) is 14.8 Å². The van der Waals surface area contributed by atoms with E-state index in [2.05, 4.69) is 21.6 Å². The predicted octanol–water partition coefficient (Wildman–Crippen LogP) is 3.79. The molecule has 1 N–H and O–H groups in total. The first-order chi connectivity index (χ1) is 13.0. The van der Waals surface area contributed by atoms with E-state index < -0.39 is 0 Å². The lowest BCUT2D eigenvalue weighted by atomic mass is 9.98. The fraction of sp³-hybridized carbons (Fsp3) is 0.333. The Hall–Kier alpha value is -3.20. The molecule has 2 heterocycles. The Morgan fingerprint density at radius 1 is 1.26 bits per heavy atom. The van der Waals surface area contributed by atoms with Gasteiger partial charge < -0.3 is 9.88 Å². The highest BCUT2D eigenvalue weighted by atomic mass is 16.1. The molecule has 1 atom stereocenters. The highest BCUT2D eigenvalue weighted by Crippen LogP contribution is 2.35. The van der Waals surface area contributed by atoms with Gasteiger partial charge in [-0.25, -0.2) is 0 Å². The molecule has 136 valence electrons. The van der Waals surface area contributed by atoms with Gasteiger partial charge in [0.05, 0.1) is 23.4 Å². The summed E-state index contributed by atoms with van der Waals surface area (Å²) in [6, 6.07) is 9.86. The summed E-state index contributed by atoms with van der Waals surface area (Å²) in [5, 5.41) is 23.0. The van der Waals surface area contributed by atoms with Crippen molar-refractivity contribution in [3.8, 4) is 6.07 Å². The van der Waals surface area contributed by atoms with Gasteiger partial charge >= 0.3 is 0 Å². The Balaban J connectivity index is 1.78. The first-order valence-corrected chi connectivity index (χ1v) is 9.15. The predicted molar refractivity (Wildman–Crippen MR) is 105 cm³/mol. The lowest BCUT2D eigenvalue weighted by molar-refractivity contribution is 0.712. The van der Waals surface area contributed by atoms with E-state index >= 15 is 0 Å². The van der Waals surface area contributed by atoms with E-state index in [1.165, 1.54) is 0 Å². The maximum Gasteiger partial charge on any atom is 0.251 e. The number of hydrogen-bond donors (Lipinski definition) is 1. The molecule has 0 radical (unpaired) electrons. The number of nitrogens with zero attached hydrogens (tertiary/aromatic N) is 4. The summed E-state index contributed by atoms with van der Waals surface area (Å²) in [6.45, 7) is 5.85. The number of aryl methyl sites for hydroxylation is 1. The number of pyridine rings is 1. The van der Waals surface area contributed by atoms with Crippen LogP contribution in [-0.4, -0.2) is 14.8 Å². The van der Waals surface area contributed by atoms with Gasteiger partial charge in [0.1, 0.15) is 0 Å². The summed E-state index contributed by atoms with van der Waals surface area (Å²) in [6.07, 6.45) is 4.00. The number of nitriles is 1. The van der Waals surface area contributed by atoms with Gasteiger partial charge in [0.15, 0.2) is 5.82 Å². The molecule has 1 saturated carbocycles. The summed E-state index contributed by atoms with van der Waals surface area (Å²) in [7, 11) is 0. The number of rotatable bonds is 4. The summed E-state index contributed by atoms with van der Waals surface area (Å²) < 4.78 is 1.81. The van der Waals surface area contributed by atoms with E-state index in [1.807, 2.05) is 45.2 Å². The van der Waals surface area contributed by atoms with E-state index in [4.69, 9.17) is 0 Å². The molecule has 1 aliphatic rings. The average Bonchev–Trinajstić information content (AvgIpc) is 3.49. The van der Waals surface area contributed by atoms with Crippen LogP contribution >= 0.6 is 0 Å². The van der Waals surface area contributed by atoms with Gasteiger partial charge in [-0.15, -0.1) is 5.10 Å². The Morgan fingerprint density at radius 2 is 2.04 bits per heavy atom. The Morgan fingerprint density at radius 3 is 2.74 bits per heavy atom. The van der Waals surface area contributed by atoms with Crippen molar-refractivity contribution in [1.29, 1.82) is 5.26 Å². The Bertz CT molecular complexity index is 1140. The monoisotopic (exact) mass is 359 g/mol. The van der Waals surface area contributed by atoms with Crippen molar-refractivity contribution in [2.45, 2.75) is 45.7 Å². The van der Waals surface area contributed by atoms with Crippen molar-refractivity contribution < 1.29 is 0 Å². The second-order valence-electron chi connectivity index (χ2n) is 7.21. The summed E-state index contributed by atoms with van der Waals surface area (Å²) >= 11 is 0. The largest absolute Gasteiger partial charge is 0.361 e. The van der Waals surface area contributed by atoms with Gasteiger partial charge in [0.25, 0.3) is 5.56 Å². The van der Waals surface area contributed by atoms with Gasteiger partial charge in [-0.2, -0.15) is 10.4 Å². The number of fused-ring (bicyclic) bond motifs is 1. The quantitative estimate of drug-likeness (QED) is 0.766. The maximum absolute atomic E-state index is 12.4. The number of nitrogens with one attached hydrogen (secondary N) is 1. The SMILES string of the molecule is Cc1c(C#N)cccc1[C@@H](C)Nc1nnc(C)c2cc(=O)n(C3CC3)cc12. The normalized spacial score (nSPS) is 14.7. The van der Waals surface area contributed by atoms with E-state index in [-0.39, 0.29) is 11.6 Å². The molecular formula is C21H21N5O. The topological polar surface area (TPSA) is 83.6 Å². The van der Waals surface area contributed by atoms with Crippen molar-refractivity contribution in [3.05, 3.63) is 63.2 Å². The lowest BCUT2D eigenvalue weighted by Crippen LogP contribution is -2.19. The second-order valence-corrected chi connectivity index (χ2v) is 7.21. The molecule has 1 aliphatic carbocycles. The van der Waals surface area contributed by atoms with Crippen LogP contribution in [0.5, 0.6) is 0 Å². The standard InChI is InChI=1S/C21H21N5O/c1-12-15(10-22)5-4-6-17(12)13(2)23-21-19-11-26(16-7-8-16)20(27)9-18(19)14(3)24-25-21/h4-6,9,11,13,16H,7-8H2,1-3H3,(H,23,25)/t13-/m1/s1. The van der Waals surface area contributed by atoms with Crippen LogP contribution in [0.1, 0.15) is 54.2 Å². The molecule has 4 rings (SSSR count). The molecular weight excluding hydrogens is 338 g/mol. The van der Waals surface area contributed by atoms with Crippen molar-refractivity contribution in [2.24, 2.45) is 0 Å². The van der Waals surface area contributed by atoms with Crippen LogP contribution in [0, 0.1) is 25.2 Å². The van der Waals surface area contributed by atoms with E-state index in [0.29, 0.717) is 17.4 Å². The van der Waals surface area contributed by atoms with Crippen LogP contribution in [0.15, 0.2) is 35.3 Å². The van der Waals surface area contributed by atoms with Crippen LogP contribution in [0.4, 0.5) is 5.82 Å². The number of anilines is 1. The number of benzene rings is 1. The van der Waals surface area contributed by atoms with Gasteiger partial charge in [0.2, 0.25) is 0 Å². The Labute approximate surface area is 157 Å². The van der Waals surface area contributed by atoms with Crippen LogP contribution < -0.4 is 10.9 Å². The van der Waals surface area contributed by atoms with Crippen LogP contribution in [0.3, 0.4) is 0 Å². The zero-order chi connectivity index (χ0) is 19.1. The molecule has 0 unspecified atom stereocenters. The molecule has 0 bridgehead atoms. The van der Waals surface area contributed by atoms with Crippen LogP contribution in [0.2, 0.25) is 0 Å². The van der Waals surface area contributed by atoms with Gasteiger partial charge in [0, 0.05) is 29.1 Å². The highest BCUT2D eigenvalue weighted by molar-refractivity contribution is 5.92. The molecule has 1 fully saturated rings. The maximum atomic E-state index is 12.4. The third kappa shape index (κ3) is 3.06. The van der Waals surface area contributed by atoms with Crippen LogP contribution in [-0.2, 0) is 0 Å². The summed E-state index contributed by atoms with van der Waals surface area (Å²) in [5.74, 6) is 0.652. The van der Waals surface area contributed by atoms with E-state index in [0.717, 1.165) is 40.4 Å². The first kappa shape index (κ1) is 17.2. The molecule has 0 spiro atoms. The lowest BCUT2D eigenvalue weighted by Gasteiger charge is -2.19. The smallest absolute Gasteiger partial charge is 0.251 e. The zero-order valence-electron chi connectivity index (χ0n) is 15.7. The molecule has 1 aromatic carbocycles. The van der Waals surface area contributed by atoms with E-state index in [1.54, 1.807) is 10.6 Å². The molecule has 6 heteroatoms. The summed E-state index contributed by atoms with van der Waals surface area (Å²) in [5.41, 5.74) is 3.42. The molecule has 3 aromatic rings.